The Bertz CT molecular complexity index is 172. The van der Waals surface area contributed by atoms with Gasteiger partial charge in [-0.25, -0.2) is 0 Å². The first-order valence-corrected chi connectivity index (χ1v) is 5.17. The van der Waals surface area contributed by atoms with Crippen LogP contribution in [0.25, 0.3) is 0 Å². The van der Waals surface area contributed by atoms with Gasteiger partial charge in [-0.3, -0.25) is 4.79 Å². The second-order valence-corrected chi connectivity index (χ2v) is 4.06. The first-order valence-electron chi connectivity index (χ1n) is 4.53. The van der Waals surface area contributed by atoms with Crippen LogP contribution in [0.5, 0.6) is 0 Å². The number of amides is 1. The summed E-state index contributed by atoms with van der Waals surface area (Å²) in [5, 5.41) is 0. The summed E-state index contributed by atoms with van der Waals surface area (Å²) in [5.41, 5.74) is 0. The lowest BCUT2D eigenvalue weighted by molar-refractivity contribution is -0.130. The molecule has 70 valence electrons. The number of carbonyl (C=O) groups is 1. The van der Waals surface area contributed by atoms with Gasteiger partial charge < -0.3 is 4.90 Å². The summed E-state index contributed by atoms with van der Waals surface area (Å²) >= 11 is 3.99. The van der Waals surface area contributed by atoms with Gasteiger partial charge in [-0.2, -0.15) is 12.6 Å². The molecular weight excluding hydrogens is 170 g/mol. The van der Waals surface area contributed by atoms with Gasteiger partial charge in [0.05, 0.1) is 5.75 Å². The van der Waals surface area contributed by atoms with Crippen molar-refractivity contribution in [2.75, 3.05) is 18.8 Å². The zero-order chi connectivity index (χ0) is 9.14. The molecule has 1 fully saturated rings. The second kappa shape index (κ2) is 4.17. The lowest BCUT2D eigenvalue weighted by Crippen LogP contribution is -2.42. The summed E-state index contributed by atoms with van der Waals surface area (Å²) in [6.07, 6.45) is 1.14. The van der Waals surface area contributed by atoms with Crippen molar-refractivity contribution in [3.8, 4) is 0 Å². The van der Waals surface area contributed by atoms with Crippen molar-refractivity contribution >= 4 is 18.5 Å². The summed E-state index contributed by atoms with van der Waals surface area (Å²) in [6.45, 7) is 6.31. The minimum Gasteiger partial charge on any atom is -0.342 e. The Morgan fingerprint density at radius 1 is 1.50 bits per heavy atom. The maximum atomic E-state index is 11.3. The molecule has 0 aromatic rings. The van der Waals surface area contributed by atoms with Gasteiger partial charge in [0, 0.05) is 13.1 Å². The Balaban J connectivity index is 2.45. The van der Waals surface area contributed by atoms with Crippen LogP contribution in [0.2, 0.25) is 0 Å². The predicted octanol–water partition coefficient (Wildman–Crippen LogP) is 1.42. The zero-order valence-corrected chi connectivity index (χ0v) is 8.68. The van der Waals surface area contributed by atoms with Crippen molar-refractivity contribution in [1.82, 2.24) is 4.90 Å². The molecule has 1 aliphatic rings. The van der Waals surface area contributed by atoms with E-state index in [4.69, 9.17) is 0 Å². The molecule has 1 heterocycles. The number of rotatable bonds is 1. The van der Waals surface area contributed by atoms with Gasteiger partial charge >= 0.3 is 0 Å². The third-order valence-electron chi connectivity index (χ3n) is 2.82. The molecule has 2 atom stereocenters. The minimum absolute atomic E-state index is 0.178. The lowest BCUT2D eigenvalue weighted by Gasteiger charge is -2.35. The van der Waals surface area contributed by atoms with Crippen LogP contribution in [0.4, 0.5) is 0 Å². The summed E-state index contributed by atoms with van der Waals surface area (Å²) in [6, 6.07) is 0. The van der Waals surface area contributed by atoms with Crippen molar-refractivity contribution in [2.45, 2.75) is 20.3 Å². The zero-order valence-electron chi connectivity index (χ0n) is 7.79. The molecule has 0 spiro atoms. The van der Waals surface area contributed by atoms with Crippen molar-refractivity contribution in [3.63, 3.8) is 0 Å². The molecule has 0 aromatic heterocycles. The number of hydrogen-bond acceptors (Lipinski definition) is 2. The molecule has 12 heavy (non-hydrogen) atoms. The van der Waals surface area contributed by atoms with E-state index in [0.29, 0.717) is 11.7 Å². The molecule has 1 rings (SSSR count). The van der Waals surface area contributed by atoms with Crippen molar-refractivity contribution in [2.24, 2.45) is 11.8 Å². The Morgan fingerprint density at radius 2 is 2.17 bits per heavy atom. The third-order valence-corrected chi connectivity index (χ3v) is 3.09. The highest BCUT2D eigenvalue weighted by atomic mass is 32.1. The van der Waals surface area contributed by atoms with Crippen LogP contribution in [-0.4, -0.2) is 29.6 Å². The van der Waals surface area contributed by atoms with Crippen LogP contribution in [0.1, 0.15) is 20.3 Å². The molecule has 1 aliphatic heterocycles. The van der Waals surface area contributed by atoms with E-state index in [-0.39, 0.29) is 5.91 Å². The van der Waals surface area contributed by atoms with E-state index in [1.54, 1.807) is 0 Å². The average Bonchev–Trinajstić information content (AvgIpc) is 2.08. The number of likely N-dealkylation sites (tertiary alicyclic amines) is 1. The van der Waals surface area contributed by atoms with Gasteiger partial charge in [0.25, 0.3) is 0 Å². The number of carbonyl (C=O) groups excluding carboxylic acids is 1. The second-order valence-electron chi connectivity index (χ2n) is 3.74. The van der Waals surface area contributed by atoms with Crippen LogP contribution >= 0.6 is 12.6 Å². The Hall–Kier alpha value is -0.180. The molecule has 2 unspecified atom stereocenters. The maximum Gasteiger partial charge on any atom is 0.232 e. The maximum absolute atomic E-state index is 11.3. The highest BCUT2D eigenvalue weighted by Crippen LogP contribution is 2.22. The van der Waals surface area contributed by atoms with E-state index in [1.165, 1.54) is 0 Å². The molecule has 0 bridgehead atoms. The van der Waals surface area contributed by atoms with Gasteiger partial charge in [0.1, 0.15) is 0 Å². The number of nitrogens with zero attached hydrogens (tertiary/aromatic N) is 1. The fourth-order valence-corrected chi connectivity index (χ4v) is 1.79. The molecule has 1 saturated heterocycles. The van der Waals surface area contributed by atoms with E-state index >= 15 is 0 Å². The SMILES string of the molecule is CC1CCN(C(=O)CS)CC1C. The van der Waals surface area contributed by atoms with Crippen molar-refractivity contribution < 1.29 is 4.79 Å². The summed E-state index contributed by atoms with van der Waals surface area (Å²) in [7, 11) is 0. The van der Waals surface area contributed by atoms with Crippen LogP contribution in [0.3, 0.4) is 0 Å². The molecule has 1 amide bonds. The lowest BCUT2D eigenvalue weighted by atomic mass is 9.89. The quantitative estimate of drug-likeness (QED) is 0.616. The van der Waals surface area contributed by atoms with Gasteiger partial charge in [0.15, 0.2) is 0 Å². The van der Waals surface area contributed by atoms with Gasteiger partial charge in [0.2, 0.25) is 5.91 Å². The average molecular weight is 187 g/mol. The summed E-state index contributed by atoms with van der Waals surface area (Å²) in [5.74, 6) is 1.93. The fraction of sp³-hybridized carbons (Fsp3) is 0.889. The van der Waals surface area contributed by atoms with Crippen molar-refractivity contribution in [3.05, 3.63) is 0 Å². The Labute approximate surface area is 79.7 Å². The highest BCUT2D eigenvalue weighted by Gasteiger charge is 2.24. The molecule has 0 N–H and O–H groups in total. The number of hydrogen-bond donors (Lipinski definition) is 1. The van der Waals surface area contributed by atoms with Crippen LogP contribution < -0.4 is 0 Å². The van der Waals surface area contributed by atoms with Crippen LogP contribution in [-0.2, 0) is 4.79 Å². The largest absolute Gasteiger partial charge is 0.342 e. The van der Waals surface area contributed by atoms with Gasteiger partial charge in [-0.15, -0.1) is 0 Å². The fourth-order valence-electron chi connectivity index (χ4n) is 1.59. The molecule has 0 radical (unpaired) electrons. The number of piperidine rings is 1. The summed E-state index contributed by atoms with van der Waals surface area (Å²) < 4.78 is 0. The Kier molecular flexibility index (Phi) is 3.44. The third kappa shape index (κ3) is 2.16. The molecule has 0 aromatic carbocycles. The number of thiol groups is 1. The minimum atomic E-state index is 0.178. The van der Waals surface area contributed by atoms with E-state index in [9.17, 15) is 4.79 Å². The van der Waals surface area contributed by atoms with E-state index in [2.05, 4.69) is 26.5 Å². The van der Waals surface area contributed by atoms with Gasteiger partial charge in [-0.05, 0) is 18.3 Å². The first kappa shape index (κ1) is 9.90. The molecule has 2 nitrogen and oxygen atoms in total. The smallest absolute Gasteiger partial charge is 0.232 e. The predicted molar refractivity (Wildman–Crippen MR) is 53.4 cm³/mol. The van der Waals surface area contributed by atoms with Crippen molar-refractivity contribution in [1.29, 1.82) is 0 Å². The topological polar surface area (TPSA) is 20.3 Å². The normalized spacial score (nSPS) is 30.4. The van der Waals surface area contributed by atoms with E-state index in [0.717, 1.165) is 25.4 Å². The molecule has 0 saturated carbocycles. The van der Waals surface area contributed by atoms with E-state index < -0.39 is 0 Å². The highest BCUT2D eigenvalue weighted by molar-refractivity contribution is 7.81. The van der Waals surface area contributed by atoms with Crippen LogP contribution in [0, 0.1) is 11.8 Å². The van der Waals surface area contributed by atoms with Crippen LogP contribution in [0.15, 0.2) is 0 Å². The summed E-state index contributed by atoms with van der Waals surface area (Å²) in [4.78, 5) is 13.2. The standard InChI is InChI=1S/C9H17NOS/c1-7-3-4-10(5-8(7)2)9(11)6-12/h7-8,12H,3-6H2,1-2H3. The molecule has 0 aliphatic carbocycles. The van der Waals surface area contributed by atoms with Gasteiger partial charge in [-0.1, -0.05) is 13.8 Å². The van der Waals surface area contributed by atoms with E-state index in [1.807, 2.05) is 4.90 Å². The first-order chi connectivity index (χ1) is 5.65. The Morgan fingerprint density at radius 3 is 2.67 bits per heavy atom. The molecule has 3 heteroatoms. The monoisotopic (exact) mass is 187 g/mol. The molecular formula is C9H17NOS.